The van der Waals surface area contributed by atoms with Gasteiger partial charge < -0.3 is 15.4 Å². The molecule has 1 unspecified atom stereocenters. The summed E-state index contributed by atoms with van der Waals surface area (Å²) in [4.78, 5) is 25.9. The maximum absolute atomic E-state index is 14.1. The molecule has 3 aromatic rings. The van der Waals surface area contributed by atoms with Crippen molar-refractivity contribution in [2.24, 2.45) is 0 Å². The first-order chi connectivity index (χ1) is 18.6. The van der Waals surface area contributed by atoms with E-state index in [1.807, 2.05) is 0 Å². The summed E-state index contributed by atoms with van der Waals surface area (Å²) in [7, 11) is -3.27. The van der Waals surface area contributed by atoms with Crippen LogP contribution in [-0.4, -0.2) is 38.8 Å². The van der Waals surface area contributed by atoms with E-state index in [0.29, 0.717) is 12.1 Å². The fourth-order valence-electron chi connectivity index (χ4n) is 4.15. The zero-order valence-corrected chi connectivity index (χ0v) is 22.1. The third-order valence-corrected chi connectivity index (χ3v) is 7.27. The molecule has 1 heterocycles. The number of rotatable bonds is 8. The molecule has 2 amide bonds. The number of hydrogen-bond acceptors (Lipinski definition) is 5. The van der Waals surface area contributed by atoms with Crippen LogP contribution >= 0.6 is 11.6 Å². The highest BCUT2D eigenvalue weighted by molar-refractivity contribution is 7.90. The highest BCUT2D eigenvalue weighted by Crippen LogP contribution is 2.41. The first-order valence-electron chi connectivity index (χ1n) is 11.6. The minimum atomic E-state index is -4.92. The van der Waals surface area contributed by atoms with E-state index < -0.39 is 56.6 Å². The van der Waals surface area contributed by atoms with Crippen LogP contribution in [0.1, 0.15) is 49.9 Å². The number of sulfone groups is 1. The standard InChI is InChI=1S/C26H20ClF5N2O5S/c1-40(37,38)6-2-5-39-17-11-19-22(23(34-25(19)36)18-10-15(28)3-4-20(18)27)21(12-17)33-24(35)13-7-14(26(30,31)32)9-16(29)8-13/h3-4,7-12,23H,2,5-6H2,1H3,(H,33,35)(H,34,36). The molecule has 1 atom stereocenters. The molecule has 0 radical (unpaired) electrons. The van der Waals surface area contributed by atoms with E-state index >= 15 is 0 Å². The van der Waals surface area contributed by atoms with Crippen molar-refractivity contribution in [3.05, 3.63) is 93.0 Å². The van der Waals surface area contributed by atoms with Gasteiger partial charge in [0.05, 0.1) is 35.2 Å². The minimum absolute atomic E-state index is 0.0172. The second-order valence-electron chi connectivity index (χ2n) is 9.02. The van der Waals surface area contributed by atoms with Crippen LogP contribution in [0, 0.1) is 11.6 Å². The Balaban J connectivity index is 1.76. The molecule has 0 saturated heterocycles. The number of halogens is 6. The molecule has 14 heteroatoms. The lowest BCUT2D eigenvalue weighted by Gasteiger charge is -2.19. The van der Waals surface area contributed by atoms with Gasteiger partial charge >= 0.3 is 6.18 Å². The van der Waals surface area contributed by atoms with Gasteiger partial charge in [-0.1, -0.05) is 11.6 Å². The third kappa shape index (κ3) is 6.70. The largest absolute Gasteiger partial charge is 0.493 e. The van der Waals surface area contributed by atoms with Gasteiger partial charge in [-0.2, -0.15) is 13.2 Å². The molecular formula is C26H20ClF5N2O5S. The molecule has 0 spiro atoms. The van der Waals surface area contributed by atoms with Crippen molar-refractivity contribution in [2.75, 3.05) is 23.9 Å². The van der Waals surface area contributed by atoms with Crippen molar-refractivity contribution in [2.45, 2.75) is 18.6 Å². The monoisotopic (exact) mass is 602 g/mol. The van der Waals surface area contributed by atoms with Crippen molar-refractivity contribution in [3.8, 4) is 5.75 Å². The molecule has 0 aromatic heterocycles. The molecule has 0 fully saturated rings. The average molecular weight is 603 g/mol. The quantitative estimate of drug-likeness (QED) is 0.261. The molecular weight excluding hydrogens is 583 g/mol. The molecule has 0 saturated carbocycles. The fourth-order valence-corrected chi connectivity index (χ4v) is 5.02. The van der Waals surface area contributed by atoms with E-state index in [-0.39, 0.29) is 58.0 Å². The second kappa shape index (κ2) is 11.0. The van der Waals surface area contributed by atoms with Crippen molar-refractivity contribution >= 4 is 38.9 Å². The molecule has 7 nitrogen and oxygen atoms in total. The zero-order valence-electron chi connectivity index (χ0n) is 20.5. The van der Waals surface area contributed by atoms with Gasteiger partial charge in [-0.15, -0.1) is 0 Å². The number of nitrogens with one attached hydrogen (secondary N) is 2. The SMILES string of the molecule is CS(=O)(=O)CCCOc1cc(NC(=O)c2cc(F)cc(C(F)(F)F)c2)c2c(c1)C(=O)NC2c1cc(F)ccc1Cl. The summed E-state index contributed by atoms with van der Waals surface area (Å²) in [6.45, 7) is -0.0845. The summed E-state index contributed by atoms with van der Waals surface area (Å²) >= 11 is 6.25. The Bertz CT molecular complexity index is 1610. The van der Waals surface area contributed by atoms with Crippen LogP contribution in [0.25, 0.3) is 0 Å². The topological polar surface area (TPSA) is 102 Å². The fraction of sp³-hybridized carbons (Fsp3) is 0.231. The molecule has 2 N–H and O–H groups in total. The minimum Gasteiger partial charge on any atom is -0.493 e. The number of alkyl halides is 3. The molecule has 1 aliphatic rings. The summed E-state index contributed by atoms with van der Waals surface area (Å²) in [6, 6.07) is 6.27. The normalized spacial score (nSPS) is 15.0. The van der Waals surface area contributed by atoms with Gasteiger partial charge in [-0.05, 0) is 48.9 Å². The van der Waals surface area contributed by atoms with Gasteiger partial charge in [0.15, 0.2) is 0 Å². The van der Waals surface area contributed by atoms with Crippen molar-refractivity contribution < 1.29 is 44.7 Å². The highest BCUT2D eigenvalue weighted by Gasteiger charge is 2.36. The Hall–Kier alpha value is -3.71. The number of hydrogen-bond donors (Lipinski definition) is 2. The van der Waals surface area contributed by atoms with Gasteiger partial charge in [-0.25, -0.2) is 17.2 Å². The zero-order chi connectivity index (χ0) is 29.4. The van der Waals surface area contributed by atoms with Crippen LogP contribution in [0.4, 0.5) is 27.6 Å². The summed E-state index contributed by atoms with van der Waals surface area (Å²) in [5.41, 5.74) is -1.91. The number of benzene rings is 3. The van der Waals surface area contributed by atoms with Gasteiger partial charge in [-0.3, -0.25) is 9.59 Å². The lowest BCUT2D eigenvalue weighted by molar-refractivity contribution is -0.137. The first kappa shape index (κ1) is 29.3. The third-order valence-electron chi connectivity index (χ3n) is 5.90. The number of ether oxygens (including phenoxy) is 1. The van der Waals surface area contributed by atoms with E-state index in [4.69, 9.17) is 16.3 Å². The summed E-state index contributed by atoms with van der Waals surface area (Å²) in [5.74, 6) is -3.90. The highest BCUT2D eigenvalue weighted by atomic mass is 35.5. The van der Waals surface area contributed by atoms with E-state index in [9.17, 15) is 40.0 Å². The maximum atomic E-state index is 14.1. The van der Waals surface area contributed by atoms with E-state index in [1.165, 1.54) is 18.2 Å². The van der Waals surface area contributed by atoms with Crippen LogP contribution in [0.5, 0.6) is 5.75 Å². The van der Waals surface area contributed by atoms with E-state index in [0.717, 1.165) is 18.4 Å². The predicted octanol–water partition coefficient (Wildman–Crippen LogP) is 5.54. The van der Waals surface area contributed by atoms with Crippen LogP contribution in [-0.2, 0) is 16.0 Å². The van der Waals surface area contributed by atoms with Crippen molar-refractivity contribution in [3.63, 3.8) is 0 Å². The molecule has 1 aliphatic heterocycles. The number of anilines is 1. The summed E-state index contributed by atoms with van der Waals surface area (Å²) in [5, 5.41) is 5.10. The Labute approximate surface area is 230 Å². The van der Waals surface area contributed by atoms with Gasteiger partial charge in [0.25, 0.3) is 11.8 Å². The van der Waals surface area contributed by atoms with Crippen LogP contribution in [0.2, 0.25) is 5.02 Å². The van der Waals surface area contributed by atoms with Crippen LogP contribution < -0.4 is 15.4 Å². The van der Waals surface area contributed by atoms with Gasteiger partial charge in [0, 0.05) is 34.0 Å². The molecule has 40 heavy (non-hydrogen) atoms. The van der Waals surface area contributed by atoms with Crippen LogP contribution in [0.3, 0.4) is 0 Å². The molecule has 212 valence electrons. The predicted molar refractivity (Wildman–Crippen MR) is 136 cm³/mol. The lowest BCUT2D eigenvalue weighted by atomic mass is 9.95. The van der Waals surface area contributed by atoms with Gasteiger partial charge in [0.1, 0.15) is 27.2 Å². The Kier molecular flexibility index (Phi) is 8.08. The van der Waals surface area contributed by atoms with Crippen molar-refractivity contribution in [1.82, 2.24) is 5.32 Å². The molecule has 3 aromatic carbocycles. The first-order valence-corrected chi connectivity index (χ1v) is 14.0. The Morgan fingerprint density at radius 2 is 1.80 bits per heavy atom. The smallest absolute Gasteiger partial charge is 0.416 e. The van der Waals surface area contributed by atoms with E-state index in [2.05, 4.69) is 10.6 Å². The summed E-state index contributed by atoms with van der Waals surface area (Å²) in [6.07, 6.45) is -3.77. The van der Waals surface area contributed by atoms with Gasteiger partial charge in [0.2, 0.25) is 0 Å². The average Bonchev–Trinajstić information content (AvgIpc) is 3.18. The lowest BCUT2D eigenvalue weighted by Crippen LogP contribution is -2.21. The number of carbonyl (C=O) groups excluding carboxylic acids is 2. The summed E-state index contributed by atoms with van der Waals surface area (Å²) < 4.78 is 96.0. The second-order valence-corrected chi connectivity index (χ2v) is 11.7. The Morgan fingerprint density at radius 1 is 1.07 bits per heavy atom. The number of carbonyl (C=O) groups is 2. The molecule has 4 rings (SSSR count). The number of amides is 2. The molecule has 0 aliphatic carbocycles. The Morgan fingerprint density at radius 3 is 2.48 bits per heavy atom. The molecule has 0 bridgehead atoms. The van der Waals surface area contributed by atoms with E-state index in [1.54, 1.807) is 0 Å². The maximum Gasteiger partial charge on any atom is 0.416 e. The number of fused-ring (bicyclic) bond motifs is 1. The van der Waals surface area contributed by atoms with Crippen molar-refractivity contribution in [1.29, 1.82) is 0 Å². The van der Waals surface area contributed by atoms with Crippen LogP contribution in [0.15, 0.2) is 48.5 Å².